The number of hydrogen-bond acceptors (Lipinski definition) is 7. The van der Waals surface area contributed by atoms with Gasteiger partial charge in [0.05, 0.1) is 22.8 Å². The average molecular weight is 539 g/mol. The van der Waals surface area contributed by atoms with Crippen LogP contribution < -0.4 is 10.6 Å². The Labute approximate surface area is 226 Å². The molecule has 10 heteroatoms. The molecule has 1 fully saturated rings. The molecular weight excluding hydrogens is 504 g/mol. The minimum atomic E-state index is -0.899. The van der Waals surface area contributed by atoms with Gasteiger partial charge in [-0.25, -0.2) is 9.78 Å². The fraction of sp³-hybridized carbons (Fsp3) is 0.429. The molecular formula is C28H34N4O5S. The SMILES string of the molecule is CC(C)C[C@H](NC(=O)OCc1ccccc1)C(=O)NCC(=O)N1CCC[C@H]1[C@@H](O)c1nc2ccccc2s1. The van der Waals surface area contributed by atoms with E-state index in [1.165, 1.54) is 11.3 Å². The van der Waals surface area contributed by atoms with E-state index in [9.17, 15) is 19.5 Å². The molecule has 4 rings (SSSR count). The summed E-state index contributed by atoms with van der Waals surface area (Å²) in [5, 5.41) is 16.9. The number of carbonyl (C=O) groups is 3. The summed E-state index contributed by atoms with van der Waals surface area (Å²) in [7, 11) is 0. The quantitative estimate of drug-likeness (QED) is 0.361. The van der Waals surface area contributed by atoms with Crippen LogP contribution in [-0.4, -0.2) is 58.1 Å². The van der Waals surface area contributed by atoms with Crippen molar-refractivity contribution in [1.29, 1.82) is 0 Å². The predicted molar refractivity (Wildman–Crippen MR) is 145 cm³/mol. The number of aliphatic hydroxyl groups excluding tert-OH is 1. The molecule has 202 valence electrons. The van der Waals surface area contributed by atoms with Gasteiger partial charge in [0.25, 0.3) is 0 Å². The molecule has 2 aromatic carbocycles. The Hall–Kier alpha value is -3.50. The summed E-state index contributed by atoms with van der Waals surface area (Å²) in [5.74, 6) is -0.607. The number of nitrogens with zero attached hydrogens (tertiary/aromatic N) is 2. The highest BCUT2D eigenvalue weighted by molar-refractivity contribution is 7.18. The summed E-state index contributed by atoms with van der Waals surface area (Å²) in [6.45, 7) is 4.26. The lowest BCUT2D eigenvalue weighted by atomic mass is 10.0. The molecule has 3 atom stereocenters. The average Bonchev–Trinajstić information content (AvgIpc) is 3.57. The van der Waals surface area contributed by atoms with Crippen molar-refractivity contribution in [2.24, 2.45) is 5.92 Å². The number of benzene rings is 2. The van der Waals surface area contributed by atoms with Crippen molar-refractivity contribution in [3.63, 3.8) is 0 Å². The number of carbonyl (C=O) groups excluding carboxylic acids is 3. The first kappa shape index (κ1) is 27.5. The predicted octanol–water partition coefficient (Wildman–Crippen LogP) is 3.78. The number of alkyl carbamates (subject to hydrolysis) is 1. The number of para-hydroxylation sites is 1. The van der Waals surface area contributed by atoms with Crippen molar-refractivity contribution in [2.45, 2.75) is 57.9 Å². The van der Waals surface area contributed by atoms with Crippen LogP contribution >= 0.6 is 11.3 Å². The van der Waals surface area contributed by atoms with Gasteiger partial charge in [-0.1, -0.05) is 56.3 Å². The van der Waals surface area contributed by atoms with E-state index in [-0.39, 0.29) is 25.0 Å². The molecule has 0 aliphatic carbocycles. The molecule has 1 aliphatic rings. The second-order valence-corrected chi connectivity index (χ2v) is 10.9. The van der Waals surface area contributed by atoms with Gasteiger partial charge in [-0.3, -0.25) is 9.59 Å². The zero-order valence-electron chi connectivity index (χ0n) is 21.6. The highest BCUT2D eigenvalue weighted by atomic mass is 32.1. The maximum atomic E-state index is 13.1. The van der Waals surface area contributed by atoms with Crippen LogP contribution in [0.5, 0.6) is 0 Å². The van der Waals surface area contributed by atoms with Crippen molar-refractivity contribution in [2.75, 3.05) is 13.1 Å². The Bertz CT molecular complexity index is 1220. The Balaban J connectivity index is 1.32. The van der Waals surface area contributed by atoms with Crippen molar-refractivity contribution >= 4 is 39.5 Å². The lowest BCUT2D eigenvalue weighted by Crippen LogP contribution is -2.51. The number of thiazole rings is 1. The van der Waals surface area contributed by atoms with Gasteiger partial charge in [-0.05, 0) is 42.9 Å². The normalized spacial score (nSPS) is 16.8. The Kier molecular flexibility index (Phi) is 9.30. The molecule has 2 heterocycles. The molecule has 9 nitrogen and oxygen atoms in total. The maximum Gasteiger partial charge on any atom is 0.408 e. The Morgan fingerprint density at radius 2 is 1.87 bits per heavy atom. The van der Waals surface area contributed by atoms with Gasteiger partial charge in [-0.15, -0.1) is 11.3 Å². The third-order valence-corrected chi connectivity index (χ3v) is 7.60. The third-order valence-electron chi connectivity index (χ3n) is 6.49. The Morgan fingerprint density at radius 1 is 1.13 bits per heavy atom. The van der Waals surface area contributed by atoms with Crippen LogP contribution in [0.25, 0.3) is 10.2 Å². The van der Waals surface area contributed by atoms with Gasteiger partial charge >= 0.3 is 6.09 Å². The first-order chi connectivity index (χ1) is 18.3. The number of aromatic nitrogens is 1. The first-order valence-electron chi connectivity index (χ1n) is 12.9. The minimum absolute atomic E-state index is 0.0918. The number of aliphatic hydroxyl groups is 1. The molecule has 1 saturated heterocycles. The Morgan fingerprint density at radius 3 is 2.61 bits per heavy atom. The van der Waals surface area contributed by atoms with Crippen molar-refractivity contribution < 1.29 is 24.2 Å². The number of amides is 3. The highest BCUT2D eigenvalue weighted by Crippen LogP contribution is 2.33. The lowest BCUT2D eigenvalue weighted by molar-refractivity contribution is -0.135. The summed E-state index contributed by atoms with van der Waals surface area (Å²) in [5.41, 5.74) is 1.66. The van der Waals surface area contributed by atoms with Crippen LogP contribution in [-0.2, 0) is 20.9 Å². The van der Waals surface area contributed by atoms with E-state index in [0.717, 1.165) is 22.2 Å². The van der Waals surface area contributed by atoms with Crippen LogP contribution in [0.3, 0.4) is 0 Å². The van der Waals surface area contributed by atoms with Gasteiger partial charge in [-0.2, -0.15) is 0 Å². The van der Waals surface area contributed by atoms with E-state index >= 15 is 0 Å². The number of nitrogens with one attached hydrogen (secondary N) is 2. The van der Waals surface area contributed by atoms with Gasteiger partial charge in [0.15, 0.2) is 0 Å². The maximum absolute atomic E-state index is 13.1. The zero-order chi connectivity index (χ0) is 27.1. The summed E-state index contributed by atoms with van der Waals surface area (Å²) >= 11 is 1.42. The van der Waals surface area contributed by atoms with E-state index in [1.54, 1.807) is 4.90 Å². The van der Waals surface area contributed by atoms with Crippen LogP contribution in [0.1, 0.15) is 49.8 Å². The molecule has 0 radical (unpaired) electrons. The molecule has 3 amide bonds. The summed E-state index contributed by atoms with van der Waals surface area (Å²) < 4.78 is 6.25. The number of ether oxygens (including phenoxy) is 1. The minimum Gasteiger partial charge on any atom is -0.445 e. The molecule has 38 heavy (non-hydrogen) atoms. The van der Waals surface area contributed by atoms with E-state index in [4.69, 9.17) is 4.74 Å². The monoisotopic (exact) mass is 538 g/mol. The van der Waals surface area contributed by atoms with E-state index < -0.39 is 30.2 Å². The largest absolute Gasteiger partial charge is 0.445 e. The summed E-state index contributed by atoms with van der Waals surface area (Å²) in [6.07, 6.45) is 0.214. The second kappa shape index (κ2) is 12.8. The van der Waals surface area contributed by atoms with E-state index in [1.807, 2.05) is 68.4 Å². The fourth-order valence-electron chi connectivity index (χ4n) is 4.61. The van der Waals surface area contributed by atoms with Gasteiger partial charge in [0.2, 0.25) is 11.8 Å². The zero-order valence-corrected chi connectivity index (χ0v) is 22.4. The first-order valence-corrected chi connectivity index (χ1v) is 13.7. The van der Waals surface area contributed by atoms with Crippen molar-refractivity contribution in [1.82, 2.24) is 20.5 Å². The molecule has 1 aliphatic heterocycles. The fourth-order valence-corrected chi connectivity index (χ4v) is 5.62. The van der Waals surface area contributed by atoms with Crippen LogP contribution in [0.15, 0.2) is 54.6 Å². The molecule has 0 unspecified atom stereocenters. The van der Waals surface area contributed by atoms with Crippen LogP contribution in [0, 0.1) is 5.92 Å². The van der Waals surface area contributed by atoms with Crippen LogP contribution in [0.2, 0.25) is 0 Å². The van der Waals surface area contributed by atoms with Crippen LogP contribution in [0.4, 0.5) is 4.79 Å². The van der Waals surface area contributed by atoms with Gasteiger partial charge in [0, 0.05) is 6.54 Å². The summed E-state index contributed by atoms with van der Waals surface area (Å²) in [4.78, 5) is 44.5. The molecule has 3 aromatic rings. The van der Waals surface area contributed by atoms with Crippen molar-refractivity contribution in [3.05, 3.63) is 65.2 Å². The highest BCUT2D eigenvalue weighted by Gasteiger charge is 2.36. The number of rotatable bonds is 10. The number of likely N-dealkylation sites (tertiary alicyclic amines) is 1. The lowest BCUT2D eigenvalue weighted by Gasteiger charge is -2.28. The van der Waals surface area contributed by atoms with Crippen molar-refractivity contribution in [3.8, 4) is 0 Å². The van der Waals surface area contributed by atoms with Gasteiger partial charge < -0.3 is 25.4 Å². The summed E-state index contributed by atoms with van der Waals surface area (Å²) in [6, 6.07) is 15.7. The standard InChI is InChI=1S/C28H34N4O5S/c1-18(2)15-21(31-28(36)37-17-19-9-4-3-5-10-19)26(35)29-16-24(33)32-14-8-12-22(32)25(34)27-30-20-11-6-7-13-23(20)38-27/h3-7,9-11,13,18,21-22,25,34H,8,12,14-17H2,1-2H3,(H,29,35)(H,31,36)/t21-,22-,25+/m0/s1. The van der Waals surface area contributed by atoms with Gasteiger partial charge in [0.1, 0.15) is 23.8 Å². The van der Waals surface area contributed by atoms with E-state index in [2.05, 4.69) is 15.6 Å². The van der Waals surface area contributed by atoms with E-state index in [0.29, 0.717) is 24.4 Å². The molecule has 0 saturated carbocycles. The second-order valence-electron chi connectivity index (χ2n) is 9.87. The molecule has 3 N–H and O–H groups in total. The molecule has 0 spiro atoms. The third kappa shape index (κ3) is 7.08. The number of fused-ring (bicyclic) bond motifs is 1. The smallest absolute Gasteiger partial charge is 0.408 e. The topological polar surface area (TPSA) is 121 Å². The number of hydrogen-bond donors (Lipinski definition) is 3. The molecule has 1 aromatic heterocycles. The molecule has 0 bridgehead atoms.